The number of rotatable bonds is 2. The second-order valence-corrected chi connectivity index (χ2v) is 4.24. The predicted molar refractivity (Wildman–Crippen MR) is 62.2 cm³/mol. The van der Waals surface area contributed by atoms with Crippen LogP contribution in [0.25, 0.3) is 0 Å². The van der Waals surface area contributed by atoms with Gasteiger partial charge < -0.3 is 10.3 Å². The van der Waals surface area contributed by atoms with E-state index in [1.807, 2.05) is 6.07 Å². The zero-order valence-electron chi connectivity index (χ0n) is 8.42. The minimum absolute atomic E-state index is 0.508. The first-order chi connectivity index (χ1) is 7.31. The smallest absolute Gasteiger partial charge is 0.123 e. The SMILES string of the molecule is N#Cc1c(NC2CCCC2)cc[nH]c1=S. The summed E-state index contributed by atoms with van der Waals surface area (Å²) in [6, 6.07) is 4.53. The van der Waals surface area contributed by atoms with Crippen LogP contribution < -0.4 is 5.32 Å². The summed E-state index contributed by atoms with van der Waals surface area (Å²) < 4.78 is 0.514. The van der Waals surface area contributed by atoms with Crippen molar-refractivity contribution in [3.63, 3.8) is 0 Å². The molecule has 1 aromatic heterocycles. The summed E-state index contributed by atoms with van der Waals surface area (Å²) in [4.78, 5) is 2.87. The quantitative estimate of drug-likeness (QED) is 0.752. The molecular weight excluding hydrogens is 206 g/mol. The third kappa shape index (κ3) is 2.18. The van der Waals surface area contributed by atoms with Gasteiger partial charge >= 0.3 is 0 Å². The number of nitriles is 1. The average molecular weight is 219 g/mol. The van der Waals surface area contributed by atoms with Gasteiger partial charge in [0.15, 0.2) is 0 Å². The molecule has 2 N–H and O–H groups in total. The molecule has 0 aliphatic heterocycles. The number of pyridine rings is 1. The van der Waals surface area contributed by atoms with Crippen LogP contribution in [0, 0.1) is 16.0 Å². The first-order valence-electron chi connectivity index (χ1n) is 5.19. The van der Waals surface area contributed by atoms with Crippen LogP contribution in [-0.2, 0) is 0 Å². The van der Waals surface area contributed by atoms with Gasteiger partial charge in [-0.1, -0.05) is 25.1 Å². The Kier molecular flexibility index (Phi) is 3.02. The Morgan fingerprint density at radius 3 is 2.87 bits per heavy atom. The number of hydrogen-bond acceptors (Lipinski definition) is 3. The zero-order valence-corrected chi connectivity index (χ0v) is 9.23. The van der Waals surface area contributed by atoms with Gasteiger partial charge in [0.05, 0.1) is 5.69 Å². The highest BCUT2D eigenvalue weighted by atomic mass is 32.1. The minimum atomic E-state index is 0.508. The molecule has 0 atom stereocenters. The molecule has 0 saturated heterocycles. The Bertz CT molecular complexity index is 438. The van der Waals surface area contributed by atoms with Crippen molar-refractivity contribution >= 4 is 17.9 Å². The van der Waals surface area contributed by atoms with Crippen molar-refractivity contribution in [2.75, 3.05) is 5.32 Å². The standard InChI is InChI=1S/C11H13N3S/c12-7-9-10(5-6-13-11(9)15)14-8-3-1-2-4-8/h5-6,8H,1-4H2,(H2,13,14,15). The van der Waals surface area contributed by atoms with Gasteiger partial charge in [-0.05, 0) is 18.9 Å². The number of nitrogens with one attached hydrogen (secondary N) is 2. The van der Waals surface area contributed by atoms with Crippen LogP contribution >= 0.6 is 12.2 Å². The maximum absolute atomic E-state index is 9.00. The molecular formula is C11H13N3S. The van der Waals surface area contributed by atoms with E-state index in [1.165, 1.54) is 25.7 Å². The molecule has 1 aliphatic rings. The molecule has 0 aromatic carbocycles. The van der Waals surface area contributed by atoms with Gasteiger partial charge in [0.25, 0.3) is 0 Å². The second-order valence-electron chi connectivity index (χ2n) is 3.83. The number of aromatic nitrogens is 1. The topological polar surface area (TPSA) is 51.6 Å². The molecule has 0 radical (unpaired) electrons. The van der Waals surface area contributed by atoms with E-state index < -0.39 is 0 Å². The Hall–Kier alpha value is -1.34. The molecule has 1 saturated carbocycles. The van der Waals surface area contributed by atoms with Gasteiger partial charge in [-0.2, -0.15) is 5.26 Å². The first-order valence-corrected chi connectivity index (χ1v) is 5.60. The number of anilines is 1. The van der Waals surface area contributed by atoms with Gasteiger partial charge in [0.1, 0.15) is 16.3 Å². The van der Waals surface area contributed by atoms with E-state index in [9.17, 15) is 0 Å². The summed E-state index contributed by atoms with van der Waals surface area (Å²) in [6.45, 7) is 0. The molecule has 0 bridgehead atoms. The van der Waals surface area contributed by atoms with E-state index in [0.29, 0.717) is 16.2 Å². The van der Waals surface area contributed by atoms with Gasteiger partial charge in [-0.25, -0.2) is 0 Å². The molecule has 0 unspecified atom stereocenters. The molecule has 78 valence electrons. The van der Waals surface area contributed by atoms with Crippen LogP contribution in [0.2, 0.25) is 0 Å². The molecule has 0 amide bonds. The monoisotopic (exact) mass is 219 g/mol. The van der Waals surface area contributed by atoms with Crippen molar-refractivity contribution in [2.45, 2.75) is 31.7 Å². The molecule has 1 fully saturated rings. The Balaban J connectivity index is 2.24. The molecule has 2 rings (SSSR count). The number of H-pyrrole nitrogens is 1. The molecule has 15 heavy (non-hydrogen) atoms. The lowest BCUT2D eigenvalue weighted by Gasteiger charge is -2.14. The minimum Gasteiger partial charge on any atom is -0.381 e. The summed E-state index contributed by atoms with van der Waals surface area (Å²) >= 11 is 5.06. The Morgan fingerprint density at radius 1 is 1.47 bits per heavy atom. The van der Waals surface area contributed by atoms with Gasteiger partial charge in [0, 0.05) is 12.2 Å². The normalized spacial score (nSPS) is 16.2. The molecule has 1 aromatic rings. The van der Waals surface area contributed by atoms with E-state index >= 15 is 0 Å². The molecule has 3 nitrogen and oxygen atoms in total. The van der Waals surface area contributed by atoms with Gasteiger partial charge in [-0.3, -0.25) is 0 Å². The third-order valence-electron chi connectivity index (χ3n) is 2.79. The van der Waals surface area contributed by atoms with E-state index in [1.54, 1.807) is 6.20 Å². The van der Waals surface area contributed by atoms with Crippen molar-refractivity contribution in [3.05, 3.63) is 22.5 Å². The molecule has 4 heteroatoms. The van der Waals surface area contributed by atoms with Gasteiger partial charge in [-0.15, -0.1) is 0 Å². The summed E-state index contributed by atoms with van der Waals surface area (Å²) in [5, 5.41) is 12.4. The van der Waals surface area contributed by atoms with Crippen molar-refractivity contribution in [1.82, 2.24) is 4.98 Å². The Morgan fingerprint density at radius 2 is 2.20 bits per heavy atom. The fourth-order valence-corrected chi connectivity index (χ4v) is 2.22. The number of hydrogen-bond donors (Lipinski definition) is 2. The lowest BCUT2D eigenvalue weighted by molar-refractivity contribution is 0.755. The molecule has 1 heterocycles. The highest BCUT2D eigenvalue weighted by Gasteiger charge is 2.16. The maximum Gasteiger partial charge on any atom is 0.123 e. The number of aromatic amines is 1. The van der Waals surface area contributed by atoms with Crippen LogP contribution in [-0.4, -0.2) is 11.0 Å². The first kappa shape index (κ1) is 10.2. The van der Waals surface area contributed by atoms with E-state index in [-0.39, 0.29) is 0 Å². The number of nitrogens with zero attached hydrogens (tertiary/aromatic N) is 1. The van der Waals surface area contributed by atoms with Crippen LogP contribution in [0.15, 0.2) is 12.3 Å². The largest absolute Gasteiger partial charge is 0.381 e. The Labute approximate surface area is 94.1 Å². The lowest BCUT2D eigenvalue weighted by Crippen LogP contribution is -2.15. The van der Waals surface area contributed by atoms with Crippen molar-refractivity contribution in [1.29, 1.82) is 5.26 Å². The zero-order chi connectivity index (χ0) is 10.7. The third-order valence-corrected chi connectivity index (χ3v) is 3.11. The van der Waals surface area contributed by atoms with Crippen LogP contribution in [0.3, 0.4) is 0 Å². The van der Waals surface area contributed by atoms with Gasteiger partial charge in [0.2, 0.25) is 0 Å². The molecule has 1 aliphatic carbocycles. The summed E-state index contributed by atoms with van der Waals surface area (Å²) in [5.41, 5.74) is 1.42. The van der Waals surface area contributed by atoms with Crippen molar-refractivity contribution in [2.24, 2.45) is 0 Å². The van der Waals surface area contributed by atoms with Crippen molar-refractivity contribution in [3.8, 4) is 6.07 Å². The highest BCUT2D eigenvalue weighted by molar-refractivity contribution is 7.71. The van der Waals surface area contributed by atoms with Crippen LogP contribution in [0.1, 0.15) is 31.2 Å². The summed E-state index contributed by atoms with van der Waals surface area (Å²) in [7, 11) is 0. The fraction of sp³-hybridized carbons (Fsp3) is 0.455. The predicted octanol–water partition coefficient (Wildman–Crippen LogP) is 2.97. The summed E-state index contributed by atoms with van der Waals surface area (Å²) in [6.07, 6.45) is 6.71. The lowest BCUT2D eigenvalue weighted by atomic mass is 10.2. The van der Waals surface area contributed by atoms with E-state index in [4.69, 9.17) is 17.5 Å². The molecule has 0 spiro atoms. The van der Waals surface area contributed by atoms with E-state index in [0.717, 1.165) is 5.69 Å². The van der Waals surface area contributed by atoms with Crippen LogP contribution in [0.4, 0.5) is 5.69 Å². The fourth-order valence-electron chi connectivity index (χ4n) is 2.00. The summed E-state index contributed by atoms with van der Waals surface area (Å²) in [5.74, 6) is 0. The highest BCUT2D eigenvalue weighted by Crippen LogP contribution is 2.23. The van der Waals surface area contributed by atoms with Crippen molar-refractivity contribution < 1.29 is 0 Å². The second kappa shape index (κ2) is 4.45. The average Bonchev–Trinajstić information content (AvgIpc) is 2.71. The maximum atomic E-state index is 9.00. The van der Waals surface area contributed by atoms with Crippen LogP contribution in [0.5, 0.6) is 0 Å². The van der Waals surface area contributed by atoms with E-state index in [2.05, 4.69) is 16.4 Å².